The molecule has 0 fully saturated rings. The van der Waals surface area contributed by atoms with Gasteiger partial charge in [0.1, 0.15) is 6.54 Å². The fourth-order valence-corrected chi connectivity index (χ4v) is 2.85. The van der Waals surface area contributed by atoms with Crippen LogP contribution in [0.2, 0.25) is 0 Å². The van der Waals surface area contributed by atoms with E-state index in [1.165, 1.54) is 28.7 Å². The van der Waals surface area contributed by atoms with Gasteiger partial charge in [0.05, 0.1) is 6.04 Å². The van der Waals surface area contributed by atoms with E-state index in [4.69, 9.17) is 5.73 Å². The summed E-state index contributed by atoms with van der Waals surface area (Å²) in [5.74, 6) is -0.0270. The normalized spacial score (nSPS) is 15.1. The lowest BCUT2D eigenvalue weighted by Gasteiger charge is -2.20. The number of rotatable bonds is 4. The molecule has 1 heterocycles. The van der Waals surface area contributed by atoms with E-state index < -0.39 is 0 Å². The van der Waals surface area contributed by atoms with Crippen LogP contribution in [0, 0.1) is 0 Å². The molecule has 7 nitrogen and oxygen atoms in total. The van der Waals surface area contributed by atoms with Gasteiger partial charge in [-0.3, -0.25) is 4.79 Å². The van der Waals surface area contributed by atoms with Crippen molar-refractivity contribution >= 4 is 11.9 Å². The topological polar surface area (TPSA) is 98.7 Å². The fraction of sp³-hybridized carbons (Fsp3) is 0.467. The Kier molecular flexibility index (Phi) is 4.04. The molecule has 0 spiro atoms. The van der Waals surface area contributed by atoms with Crippen molar-refractivity contribution < 1.29 is 4.79 Å². The molecule has 1 aromatic heterocycles. The van der Waals surface area contributed by atoms with Gasteiger partial charge in [0.15, 0.2) is 0 Å². The van der Waals surface area contributed by atoms with E-state index in [2.05, 4.69) is 39.0 Å². The van der Waals surface area contributed by atoms with Crippen molar-refractivity contribution in [2.45, 2.75) is 45.2 Å². The van der Waals surface area contributed by atoms with Crippen molar-refractivity contribution in [2.75, 3.05) is 5.73 Å². The maximum absolute atomic E-state index is 12.1. The molecule has 1 aromatic carbocycles. The van der Waals surface area contributed by atoms with Crippen molar-refractivity contribution in [3.05, 3.63) is 34.9 Å². The zero-order valence-corrected chi connectivity index (χ0v) is 12.6. The summed E-state index contributed by atoms with van der Waals surface area (Å²) >= 11 is 0. The number of benzene rings is 1. The Morgan fingerprint density at radius 3 is 2.86 bits per heavy atom. The SMILES string of the molecule is C[C@H](NC(=O)Cn1nnnc1N)c1ccc2c(c1)CCCC2. The molecule has 1 amide bonds. The highest BCUT2D eigenvalue weighted by Crippen LogP contribution is 2.24. The Morgan fingerprint density at radius 1 is 1.36 bits per heavy atom. The summed E-state index contributed by atoms with van der Waals surface area (Å²) in [6.07, 6.45) is 4.81. The number of nitrogen functional groups attached to an aromatic ring is 1. The van der Waals surface area contributed by atoms with Crippen molar-refractivity contribution in [2.24, 2.45) is 0 Å². The Bertz CT molecular complexity index is 680. The molecule has 22 heavy (non-hydrogen) atoms. The number of aryl methyl sites for hydroxylation is 2. The van der Waals surface area contributed by atoms with Gasteiger partial charge in [-0.15, -0.1) is 0 Å². The van der Waals surface area contributed by atoms with Gasteiger partial charge >= 0.3 is 0 Å². The molecule has 0 radical (unpaired) electrons. The number of amides is 1. The molecule has 1 aliphatic carbocycles. The van der Waals surface area contributed by atoms with Crippen molar-refractivity contribution in [3.63, 3.8) is 0 Å². The maximum Gasteiger partial charge on any atom is 0.242 e. The minimum absolute atomic E-state index is 0.0219. The Hall–Kier alpha value is -2.44. The van der Waals surface area contributed by atoms with Gasteiger partial charge in [-0.05, 0) is 59.7 Å². The highest BCUT2D eigenvalue weighted by Gasteiger charge is 2.15. The number of aromatic nitrogens is 4. The number of nitrogens with zero attached hydrogens (tertiary/aromatic N) is 4. The van der Waals surface area contributed by atoms with Crippen LogP contribution in [-0.2, 0) is 24.2 Å². The second kappa shape index (κ2) is 6.13. The lowest BCUT2D eigenvalue weighted by Crippen LogP contribution is -2.31. The Balaban J connectivity index is 1.65. The average molecular weight is 300 g/mol. The van der Waals surface area contributed by atoms with Crippen LogP contribution < -0.4 is 11.1 Å². The van der Waals surface area contributed by atoms with E-state index >= 15 is 0 Å². The van der Waals surface area contributed by atoms with Gasteiger partial charge in [0.25, 0.3) is 0 Å². The second-order valence-corrected chi connectivity index (χ2v) is 5.72. The quantitative estimate of drug-likeness (QED) is 0.878. The summed E-state index contributed by atoms with van der Waals surface area (Å²) in [5.41, 5.74) is 9.53. The third kappa shape index (κ3) is 3.08. The van der Waals surface area contributed by atoms with Gasteiger partial charge in [-0.25, -0.2) is 4.68 Å². The van der Waals surface area contributed by atoms with E-state index in [0.29, 0.717) is 0 Å². The minimum Gasteiger partial charge on any atom is -0.367 e. The summed E-state index contributed by atoms with van der Waals surface area (Å²) in [6.45, 7) is 2.00. The zero-order chi connectivity index (χ0) is 15.5. The van der Waals surface area contributed by atoms with Gasteiger partial charge < -0.3 is 11.1 Å². The largest absolute Gasteiger partial charge is 0.367 e. The standard InChI is InChI=1S/C15H20N6O/c1-10(17-14(22)9-21-15(16)18-19-20-21)12-7-6-11-4-2-3-5-13(11)8-12/h6-8,10H,2-5,9H2,1H3,(H,17,22)(H2,16,18,20)/t10-/m0/s1. The first kappa shape index (κ1) is 14.5. The first-order chi connectivity index (χ1) is 10.6. The number of hydrogen-bond acceptors (Lipinski definition) is 5. The van der Waals surface area contributed by atoms with Crippen molar-refractivity contribution in [3.8, 4) is 0 Å². The number of anilines is 1. The predicted octanol–water partition coefficient (Wildman–Crippen LogP) is 1.01. The third-order valence-electron chi connectivity index (χ3n) is 4.10. The van der Waals surface area contributed by atoms with E-state index in [0.717, 1.165) is 18.4 Å². The molecule has 2 aromatic rings. The third-order valence-corrected chi connectivity index (χ3v) is 4.10. The molecule has 7 heteroatoms. The maximum atomic E-state index is 12.1. The fourth-order valence-electron chi connectivity index (χ4n) is 2.85. The Morgan fingerprint density at radius 2 is 2.14 bits per heavy atom. The zero-order valence-electron chi connectivity index (χ0n) is 12.6. The van der Waals surface area contributed by atoms with E-state index in [1.807, 2.05) is 6.92 Å². The molecule has 3 rings (SSSR count). The minimum atomic E-state index is -0.163. The summed E-state index contributed by atoms with van der Waals surface area (Å²) in [4.78, 5) is 12.1. The molecule has 1 atom stereocenters. The van der Waals surface area contributed by atoms with E-state index in [-0.39, 0.29) is 24.4 Å². The van der Waals surface area contributed by atoms with Crippen LogP contribution in [0.1, 0.15) is 42.5 Å². The molecule has 116 valence electrons. The van der Waals surface area contributed by atoms with Gasteiger partial charge in [-0.2, -0.15) is 0 Å². The molecule has 0 aliphatic heterocycles. The number of tetrazole rings is 1. The van der Waals surface area contributed by atoms with Gasteiger partial charge in [0, 0.05) is 0 Å². The summed E-state index contributed by atoms with van der Waals surface area (Å²) < 4.78 is 1.27. The lowest BCUT2D eigenvalue weighted by molar-refractivity contribution is -0.122. The summed E-state index contributed by atoms with van der Waals surface area (Å²) in [7, 11) is 0. The molecule has 3 N–H and O–H groups in total. The first-order valence-electron chi connectivity index (χ1n) is 7.56. The predicted molar refractivity (Wildman–Crippen MR) is 81.9 cm³/mol. The highest BCUT2D eigenvalue weighted by atomic mass is 16.2. The number of carbonyl (C=O) groups excluding carboxylic acids is 1. The molecular weight excluding hydrogens is 280 g/mol. The summed E-state index contributed by atoms with van der Waals surface area (Å²) in [6, 6.07) is 6.44. The molecular formula is C15H20N6O. The van der Waals surface area contributed by atoms with Crippen LogP contribution in [0.3, 0.4) is 0 Å². The molecule has 0 bridgehead atoms. The monoisotopic (exact) mass is 300 g/mol. The number of fused-ring (bicyclic) bond motifs is 1. The first-order valence-corrected chi connectivity index (χ1v) is 7.56. The molecule has 0 saturated heterocycles. The van der Waals surface area contributed by atoms with Crippen LogP contribution >= 0.6 is 0 Å². The van der Waals surface area contributed by atoms with Crippen molar-refractivity contribution in [1.82, 2.24) is 25.5 Å². The van der Waals surface area contributed by atoms with Crippen molar-refractivity contribution in [1.29, 1.82) is 0 Å². The van der Waals surface area contributed by atoms with Gasteiger partial charge in [-0.1, -0.05) is 23.3 Å². The second-order valence-electron chi connectivity index (χ2n) is 5.72. The smallest absolute Gasteiger partial charge is 0.242 e. The van der Waals surface area contributed by atoms with E-state index in [9.17, 15) is 4.79 Å². The summed E-state index contributed by atoms with van der Waals surface area (Å²) in [5, 5.41) is 13.6. The molecule has 0 unspecified atom stereocenters. The van der Waals surface area contributed by atoms with Gasteiger partial charge in [0.2, 0.25) is 11.9 Å². The lowest BCUT2D eigenvalue weighted by atomic mass is 9.89. The van der Waals surface area contributed by atoms with E-state index in [1.54, 1.807) is 0 Å². The average Bonchev–Trinajstić information content (AvgIpc) is 2.91. The Labute approximate surface area is 128 Å². The number of carbonyl (C=O) groups is 1. The molecule has 1 aliphatic rings. The van der Waals surface area contributed by atoms with Crippen LogP contribution in [-0.4, -0.2) is 26.1 Å². The molecule has 0 saturated carbocycles. The van der Waals surface area contributed by atoms with Crippen LogP contribution in [0.4, 0.5) is 5.95 Å². The van der Waals surface area contributed by atoms with Crippen LogP contribution in [0.25, 0.3) is 0 Å². The highest BCUT2D eigenvalue weighted by molar-refractivity contribution is 5.76. The number of hydrogen-bond donors (Lipinski definition) is 2. The number of nitrogens with two attached hydrogens (primary N) is 1. The number of nitrogens with one attached hydrogen (secondary N) is 1. The van der Waals surface area contributed by atoms with Crippen LogP contribution in [0.5, 0.6) is 0 Å². The van der Waals surface area contributed by atoms with Crippen LogP contribution in [0.15, 0.2) is 18.2 Å².